The van der Waals surface area contributed by atoms with Crippen LogP contribution < -0.4 is 11.1 Å². The summed E-state index contributed by atoms with van der Waals surface area (Å²) in [5, 5.41) is 2.60. The number of hydrogen-bond acceptors (Lipinski definition) is 3. The van der Waals surface area contributed by atoms with Crippen molar-refractivity contribution < 1.29 is 14.4 Å². The van der Waals surface area contributed by atoms with Gasteiger partial charge in [-0.1, -0.05) is 0 Å². The van der Waals surface area contributed by atoms with E-state index >= 15 is 0 Å². The minimum atomic E-state index is -0.716. The Labute approximate surface area is 80.4 Å². The summed E-state index contributed by atoms with van der Waals surface area (Å²) in [7, 11) is 0. The number of nitrogens with one attached hydrogen (secondary N) is 1. The van der Waals surface area contributed by atoms with Crippen molar-refractivity contribution in [2.24, 2.45) is 5.73 Å². The van der Waals surface area contributed by atoms with Crippen LogP contribution in [0.15, 0.2) is 0 Å². The molecule has 0 aromatic heterocycles. The molecule has 0 atom stereocenters. The van der Waals surface area contributed by atoms with Gasteiger partial charge in [-0.2, -0.15) is 0 Å². The molecule has 2 aliphatic rings. The Balaban J connectivity index is 2.16. The van der Waals surface area contributed by atoms with Crippen molar-refractivity contribution in [2.75, 3.05) is 6.54 Å². The molecule has 1 saturated carbocycles. The Morgan fingerprint density at radius 3 is 2.50 bits per heavy atom. The molecule has 4 amide bonds. The molecule has 6 nitrogen and oxygen atoms in total. The lowest BCUT2D eigenvalue weighted by Crippen LogP contribution is -2.52. The molecular weight excluding hydrogens is 186 g/mol. The molecule has 1 saturated heterocycles. The van der Waals surface area contributed by atoms with E-state index in [9.17, 15) is 14.4 Å². The molecule has 14 heavy (non-hydrogen) atoms. The molecule has 0 radical (unpaired) electrons. The van der Waals surface area contributed by atoms with Crippen LogP contribution in [0.4, 0.5) is 4.79 Å². The summed E-state index contributed by atoms with van der Waals surface area (Å²) in [5.74, 6) is -0.988. The summed E-state index contributed by atoms with van der Waals surface area (Å²) in [6, 6.07) is -0.506. The molecule has 6 heteroatoms. The first-order chi connectivity index (χ1) is 6.55. The number of rotatable bonds is 2. The SMILES string of the molecule is NC(=O)CN1C(=O)NC2(CCC2)C1=O. The summed E-state index contributed by atoms with van der Waals surface area (Å²) in [6.45, 7) is -0.327. The molecule has 1 heterocycles. The number of urea groups is 1. The standard InChI is InChI=1S/C8H11N3O3/c9-5(12)4-11-6(13)8(2-1-3-8)10-7(11)14/h1-4H2,(H2,9,12)(H,10,14). The van der Waals surface area contributed by atoms with Crippen molar-refractivity contribution in [3.05, 3.63) is 0 Å². The van der Waals surface area contributed by atoms with Gasteiger partial charge in [0.15, 0.2) is 0 Å². The monoisotopic (exact) mass is 197 g/mol. The maximum Gasteiger partial charge on any atom is 0.325 e. The first-order valence-corrected chi connectivity index (χ1v) is 4.48. The lowest BCUT2D eigenvalue weighted by molar-refractivity contribution is -0.136. The van der Waals surface area contributed by atoms with Crippen molar-refractivity contribution in [3.63, 3.8) is 0 Å². The van der Waals surface area contributed by atoms with Crippen LogP contribution in [0.2, 0.25) is 0 Å². The van der Waals surface area contributed by atoms with Crippen molar-refractivity contribution in [3.8, 4) is 0 Å². The predicted molar refractivity (Wildman–Crippen MR) is 46.0 cm³/mol. The van der Waals surface area contributed by atoms with Crippen LogP contribution in [-0.4, -0.2) is 34.8 Å². The van der Waals surface area contributed by atoms with Crippen molar-refractivity contribution in [1.82, 2.24) is 10.2 Å². The van der Waals surface area contributed by atoms with Crippen molar-refractivity contribution >= 4 is 17.8 Å². The maximum atomic E-state index is 11.7. The van der Waals surface area contributed by atoms with E-state index in [4.69, 9.17) is 5.73 Å². The lowest BCUT2D eigenvalue weighted by atomic mass is 9.77. The zero-order valence-corrected chi connectivity index (χ0v) is 7.58. The number of imide groups is 1. The number of hydrogen-bond donors (Lipinski definition) is 2. The fraction of sp³-hybridized carbons (Fsp3) is 0.625. The van der Waals surface area contributed by atoms with Gasteiger partial charge in [0.05, 0.1) is 0 Å². The van der Waals surface area contributed by atoms with E-state index in [-0.39, 0.29) is 12.5 Å². The molecule has 76 valence electrons. The van der Waals surface area contributed by atoms with Crippen LogP contribution in [0, 0.1) is 0 Å². The summed E-state index contributed by atoms with van der Waals surface area (Å²) in [6.07, 6.45) is 2.25. The zero-order valence-electron chi connectivity index (χ0n) is 7.58. The Morgan fingerprint density at radius 2 is 2.14 bits per heavy atom. The molecule has 1 spiro atoms. The quantitative estimate of drug-likeness (QED) is 0.553. The summed E-state index contributed by atoms with van der Waals surface area (Å²) >= 11 is 0. The Morgan fingerprint density at radius 1 is 1.50 bits per heavy atom. The minimum absolute atomic E-state index is 0.312. The smallest absolute Gasteiger partial charge is 0.325 e. The predicted octanol–water partition coefficient (Wildman–Crippen LogP) is -1.05. The average molecular weight is 197 g/mol. The normalized spacial score (nSPS) is 23.6. The van der Waals surface area contributed by atoms with E-state index in [1.807, 2.05) is 0 Å². The van der Waals surface area contributed by atoms with Crippen LogP contribution in [0.3, 0.4) is 0 Å². The molecule has 0 unspecified atom stereocenters. The summed E-state index contributed by atoms with van der Waals surface area (Å²) in [5.41, 5.74) is 4.22. The topological polar surface area (TPSA) is 92.5 Å². The molecular formula is C8H11N3O3. The third-order valence-electron chi connectivity index (χ3n) is 2.77. The second-order valence-corrected chi connectivity index (χ2v) is 3.72. The van der Waals surface area contributed by atoms with Gasteiger partial charge in [0.1, 0.15) is 12.1 Å². The van der Waals surface area contributed by atoms with Crippen LogP contribution in [0.25, 0.3) is 0 Å². The lowest BCUT2D eigenvalue weighted by Gasteiger charge is -2.34. The molecule has 2 rings (SSSR count). The third-order valence-corrected chi connectivity index (χ3v) is 2.77. The Bertz CT molecular complexity index is 322. The molecule has 2 fully saturated rings. The summed E-state index contributed by atoms with van der Waals surface area (Å²) in [4.78, 5) is 34.5. The highest BCUT2D eigenvalue weighted by atomic mass is 16.2. The maximum absolute atomic E-state index is 11.7. The van der Waals surface area contributed by atoms with E-state index in [0.717, 1.165) is 11.3 Å². The molecule has 1 aliphatic heterocycles. The number of nitrogens with two attached hydrogens (primary N) is 1. The Hall–Kier alpha value is -1.59. The molecule has 1 aliphatic carbocycles. The van der Waals surface area contributed by atoms with Gasteiger partial charge in [-0.3, -0.25) is 14.5 Å². The largest absolute Gasteiger partial charge is 0.368 e. The average Bonchev–Trinajstić information content (AvgIpc) is 2.27. The first kappa shape index (κ1) is 8.98. The fourth-order valence-electron chi connectivity index (χ4n) is 1.84. The van der Waals surface area contributed by atoms with E-state index < -0.39 is 17.5 Å². The van der Waals surface area contributed by atoms with Gasteiger partial charge in [0, 0.05) is 0 Å². The van der Waals surface area contributed by atoms with Crippen molar-refractivity contribution in [2.45, 2.75) is 24.8 Å². The van der Waals surface area contributed by atoms with Gasteiger partial charge in [-0.15, -0.1) is 0 Å². The Kier molecular flexibility index (Phi) is 1.73. The van der Waals surface area contributed by atoms with Gasteiger partial charge >= 0.3 is 6.03 Å². The van der Waals surface area contributed by atoms with Crippen LogP contribution in [0.1, 0.15) is 19.3 Å². The molecule has 0 bridgehead atoms. The summed E-state index contributed by atoms with van der Waals surface area (Å²) < 4.78 is 0. The van der Waals surface area contributed by atoms with Gasteiger partial charge in [-0.25, -0.2) is 4.79 Å². The van der Waals surface area contributed by atoms with Crippen LogP contribution in [0.5, 0.6) is 0 Å². The first-order valence-electron chi connectivity index (χ1n) is 4.48. The number of amides is 4. The number of nitrogens with zero attached hydrogens (tertiary/aromatic N) is 1. The highest BCUT2D eigenvalue weighted by Gasteiger charge is 2.54. The van der Waals surface area contributed by atoms with Gasteiger partial charge in [0.2, 0.25) is 5.91 Å². The zero-order chi connectivity index (χ0) is 10.3. The van der Waals surface area contributed by atoms with E-state index in [1.165, 1.54) is 0 Å². The number of primary amides is 1. The fourth-order valence-corrected chi connectivity index (χ4v) is 1.84. The number of carbonyl (C=O) groups excluding carboxylic acids is 3. The van der Waals surface area contributed by atoms with Crippen LogP contribution >= 0.6 is 0 Å². The third kappa shape index (κ3) is 1.07. The second kappa shape index (κ2) is 2.70. The second-order valence-electron chi connectivity index (χ2n) is 3.72. The minimum Gasteiger partial charge on any atom is -0.368 e. The van der Waals surface area contributed by atoms with Crippen molar-refractivity contribution in [1.29, 1.82) is 0 Å². The van der Waals surface area contributed by atoms with Crippen LogP contribution in [-0.2, 0) is 9.59 Å². The van der Waals surface area contributed by atoms with Gasteiger partial charge in [-0.05, 0) is 19.3 Å². The van der Waals surface area contributed by atoms with E-state index in [0.29, 0.717) is 12.8 Å². The molecule has 0 aromatic rings. The molecule has 3 N–H and O–H groups in total. The van der Waals surface area contributed by atoms with Gasteiger partial charge in [0.25, 0.3) is 5.91 Å². The van der Waals surface area contributed by atoms with E-state index in [2.05, 4.69) is 5.32 Å². The highest BCUT2D eigenvalue weighted by Crippen LogP contribution is 2.36. The molecule has 0 aromatic carbocycles. The van der Waals surface area contributed by atoms with E-state index in [1.54, 1.807) is 0 Å². The highest BCUT2D eigenvalue weighted by molar-refractivity contribution is 6.09. The van der Waals surface area contributed by atoms with Gasteiger partial charge < -0.3 is 11.1 Å². The number of carbonyl (C=O) groups is 3.